The molecule has 0 aromatic rings. The van der Waals surface area contributed by atoms with Gasteiger partial charge in [-0.25, -0.2) is 0 Å². The number of carbonyl (C=O) groups is 1. The molecule has 1 fully saturated rings. The van der Waals surface area contributed by atoms with Crippen LogP contribution in [0.3, 0.4) is 0 Å². The summed E-state index contributed by atoms with van der Waals surface area (Å²) in [4.78, 5) is 11.1. The van der Waals surface area contributed by atoms with Gasteiger partial charge in [0.25, 0.3) is 0 Å². The third-order valence-electron chi connectivity index (χ3n) is 2.27. The summed E-state index contributed by atoms with van der Waals surface area (Å²) in [5.41, 5.74) is -0.936. The lowest BCUT2D eigenvalue weighted by Crippen LogP contribution is -2.34. The fraction of sp³-hybridized carbons (Fsp3) is 0.875. The molecule has 0 aromatic heterocycles. The van der Waals surface area contributed by atoms with Crippen molar-refractivity contribution < 1.29 is 9.90 Å². The largest absolute Gasteiger partial charge is 0.382 e. The minimum Gasteiger partial charge on any atom is -0.382 e. The van der Waals surface area contributed by atoms with Crippen LogP contribution < -0.4 is 0 Å². The van der Waals surface area contributed by atoms with E-state index in [1.807, 2.05) is 0 Å². The minimum atomic E-state index is -0.936. The molecule has 1 N–H and O–H groups in total. The monoisotopic (exact) mass is 142 g/mol. The standard InChI is InChI=1S/C8H14O2/c1-2-7(9)8(10)5-3-4-6-8/h10H,2-6H2,1H3. The Kier molecular flexibility index (Phi) is 2.09. The van der Waals surface area contributed by atoms with Crippen LogP contribution in [0.4, 0.5) is 0 Å². The predicted molar refractivity (Wildman–Crippen MR) is 38.7 cm³/mol. The van der Waals surface area contributed by atoms with Crippen molar-refractivity contribution in [2.24, 2.45) is 0 Å². The lowest BCUT2D eigenvalue weighted by Gasteiger charge is -2.18. The second kappa shape index (κ2) is 2.70. The average Bonchev–Trinajstić information content (AvgIpc) is 2.36. The Morgan fingerprint density at radius 3 is 2.40 bits per heavy atom. The van der Waals surface area contributed by atoms with E-state index < -0.39 is 5.60 Å². The van der Waals surface area contributed by atoms with Gasteiger partial charge in [-0.15, -0.1) is 0 Å². The van der Waals surface area contributed by atoms with E-state index >= 15 is 0 Å². The molecule has 2 nitrogen and oxygen atoms in total. The molecule has 0 saturated heterocycles. The highest BCUT2D eigenvalue weighted by Crippen LogP contribution is 2.30. The van der Waals surface area contributed by atoms with Gasteiger partial charge in [0.15, 0.2) is 5.78 Å². The molecule has 1 saturated carbocycles. The third kappa shape index (κ3) is 1.21. The van der Waals surface area contributed by atoms with Gasteiger partial charge in [-0.2, -0.15) is 0 Å². The molecule has 0 heterocycles. The molecule has 0 radical (unpaired) electrons. The molecule has 1 aliphatic carbocycles. The zero-order valence-corrected chi connectivity index (χ0v) is 6.39. The van der Waals surface area contributed by atoms with Crippen LogP contribution >= 0.6 is 0 Å². The van der Waals surface area contributed by atoms with Crippen LogP contribution in [0.5, 0.6) is 0 Å². The first kappa shape index (κ1) is 7.73. The van der Waals surface area contributed by atoms with E-state index in [1.165, 1.54) is 0 Å². The van der Waals surface area contributed by atoms with Crippen LogP contribution in [0.25, 0.3) is 0 Å². The summed E-state index contributed by atoms with van der Waals surface area (Å²) in [5, 5.41) is 9.61. The van der Waals surface area contributed by atoms with E-state index in [4.69, 9.17) is 0 Å². The quantitative estimate of drug-likeness (QED) is 0.630. The highest BCUT2D eigenvalue weighted by molar-refractivity contribution is 5.86. The summed E-state index contributed by atoms with van der Waals surface area (Å²) >= 11 is 0. The molecular weight excluding hydrogens is 128 g/mol. The summed E-state index contributed by atoms with van der Waals surface area (Å²) in [7, 11) is 0. The van der Waals surface area contributed by atoms with Crippen molar-refractivity contribution in [2.45, 2.75) is 44.6 Å². The average molecular weight is 142 g/mol. The molecule has 0 spiro atoms. The summed E-state index contributed by atoms with van der Waals surface area (Å²) in [5.74, 6) is 0.0185. The van der Waals surface area contributed by atoms with Gasteiger partial charge in [0, 0.05) is 6.42 Å². The first-order valence-electron chi connectivity index (χ1n) is 3.95. The molecule has 0 aliphatic heterocycles. The van der Waals surface area contributed by atoms with Crippen LogP contribution in [0, 0.1) is 0 Å². The Balaban J connectivity index is 2.58. The van der Waals surface area contributed by atoms with Crippen LogP contribution in [0.15, 0.2) is 0 Å². The SMILES string of the molecule is CCC(=O)C1(O)CCCC1. The Bertz CT molecular complexity index is 134. The summed E-state index contributed by atoms with van der Waals surface area (Å²) in [6, 6.07) is 0. The molecule has 0 atom stereocenters. The van der Waals surface area contributed by atoms with Gasteiger partial charge in [0.1, 0.15) is 5.60 Å². The van der Waals surface area contributed by atoms with Gasteiger partial charge >= 0.3 is 0 Å². The highest BCUT2D eigenvalue weighted by Gasteiger charge is 2.36. The zero-order chi connectivity index (χ0) is 7.61. The molecule has 0 aromatic carbocycles. The third-order valence-corrected chi connectivity index (χ3v) is 2.27. The van der Waals surface area contributed by atoms with Gasteiger partial charge in [0.2, 0.25) is 0 Å². The minimum absolute atomic E-state index is 0.0185. The highest BCUT2D eigenvalue weighted by atomic mass is 16.3. The lowest BCUT2D eigenvalue weighted by molar-refractivity contribution is -0.136. The summed E-state index contributed by atoms with van der Waals surface area (Å²) in [6.45, 7) is 1.80. The number of rotatable bonds is 2. The molecule has 1 aliphatic rings. The fourth-order valence-corrected chi connectivity index (χ4v) is 1.57. The van der Waals surface area contributed by atoms with Crippen molar-refractivity contribution in [1.82, 2.24) is 0 Å². The molecule has 1 rings (SSSR count). The van der Waals surface area contributed by atoms with Crippen molar-refractivity contribution in [2.75, 3.05) is 0 Å². The summed E-state index contributed by atoms with van der Waals surface area (Å²) in [6.07, 6.45) is 3.83. The van der Waals surface area contributed by atoms with E-state index in [0.717, 1.165) is 12.8 Å². The second-order valence-corrected chi connectivity index (χ2v) is 3.02. The normalized spacial score (nSPS) is 23.0. The second-order valence-electron chi connectivity index (χ2n) is 3.02. The van der Waals surface area contributed by atoms with E-state index in [2.05, 4.69) is 0 Å². The zero-order valence-electron chi connectivity index (χ0n) is 6.39. The van der Waals surface area contributed by atoms with Gasteiger partial charge < -0.3 is 5.11 Å². The first-order valence-corrected chi connectivity index (χ1v) is 3.95. The fourth-order valence-electron chi connectivity index (χ4n) is 1.57. The van der Waals surface area contributed by atoms with Crippen LogP contribution in [0.1, 0.15) is 39.0 Å². The van der Waals surface area contributed by atoms with Crippen molar-refractivity contribution in [1.29, 1.82) is 0 Å². The van der Waals surface area contributed by atoms with Crippen molar-refractivity contribution in [3.63, 3.8) is 0 Å². The molecule has 0 amide bonds. The van der Waals surface area contributed by atoms with E-state index in [0.29, 0.717) is 19.3 Å². The topological polar surface area (TPSA) is 37.3 Å². The van der Waals surface area contributed by atoms with Gasteiger partial charge in [-0.05, 0) is 25.7 Å². The van der Waals surface area contributed by atoms with Crippen LogP contribution in [0.2, 0.25) is 0 Å². The van der Waals surface area contributed by atoms with Crippen molar-refractivity contribution in [3.8, 4) is 0 Å². The van der Waals surface area contributed by atoms with Gasteiger partial charge in [-0.1, -0.05) is 6.92 Å². The van der Waals surface area contributed by atoms with Gasteiger partial charge in [0.05, 0.1) is 0 Å². The molecule has 2 heteroatoms. The Labute approximate surface area is 61.2 Å². The molecular formula is C8H14O2. The van der Waals surface area contributed by atoms with E-state index in [9.17, 15) is 9.90 Å². The van der Waals surface area contributed by atoms with E-state index in [-0.39, 0.29) is 5.78 Å². The molecule has 10 heavy (non-hydrogen) atoms. The maximum absolute atomic E-state index is 11.1. The number of hydrogen-bond acceptors (Lipinski definition) is 2. The molecule has 0 unspecified atom stereocenters. The maximum atomic E-state index is 11.1. The summed E-state index contributed by atoms with van der Waals surface area (Å²) < 4.78 is 0. The number of Topliss-reactive ketones (excluding diaryl/α,β-unsaturated/α-hetero) is 1. The lowest BCUT2D eigenvalue weighted by atomic mass is 9.95. The van der Waals surface area contributed by atoms with Crippen LogP contribution in [-0.4, -0.2) is 16.5 Å². The first-order chi connectivity index (χ1) is 4.69. The van der Waals surface area contributed by atoms with Crippen LogP contribution in [-0.2, 0) is 4.79 Å². The molecule has 58 valence electrons. The Hall–Kier alpha value is -0.370. The van der Waals surface area contributed by atoms with E-state index in [1.54, 1.807) is 6.92 Å². The number of aliphatic hydroxyl groups is 1. The van der Waals surface area contributed by atoms with Crippen molar-refractivity contribution in [3.05, 3.63) is 0 Å². The number of carbonyl (C=O) groups excluding carboxylic acids is 1. The number of ketones is 1. The smallest absolute Gasteiger partial charge is 0.164 e. The van der Waals surface area contributed by atoms with Gasteiger partial charge in [-0.3, -0.25) is 4.79 Å². The Morgan fingerprint density at radius 1 is 1.50 bits per heavy atom. The van der Waals surface area contributed by atoms with Crippen molar-refractivity contribution >= 4 is 5.78 Å². The number of hydrogen-bond donors (Lipinski definition) is 1. The maximum Gasteiger partial charge on any atom is 0.164 e. The Morgan fingerprint density at radius 2 is 2.00 bits per heavy atom. The predicted octanol–water partition coefficient (Wildman–Crippen LogP) is 1.27. The molecule has 0 bridgehead atoms.